The molecule has 2 N–H and O–H groups in total. The normalized spacial score (nSPS) is 38.9. The average molecular weight is 298 g/mol. The van der Waals surface area contributed by atoms with Crippen molar-refractivity contribution in [3.05, 3.63) is 0 Å². The molecule has 124 valence electrons. The van der Waals surface area contributed by atoms with Gasteiger partial charge in [-0.05, 0) is 54.6 Å². The fraction of sp³-hybridized carbons (Fsp3) is 1.00. The molecule has 1 aliphatic heterocycles. The van der Waals surface area contributed by atoms with Crippen LogP contribution in [-0.4, -0.2) is 60.0 Å². The van der Waals surface area contributed by atoms with Crippen molar-refractivity contribution in [2.75, 3.05) is 20.6 Å². The molecule has 0 bridgehead atoms. The predicted molar refractivity (Wildman–Crippen MR) is 86.5 cm³/mol. The molecule has 4 unspecified atom stereocenters. The first-order valence-electron chi connectivity index (χ1n) is 8.45. The van der Waals surface area contributed by atoms with Crippen molar-refractivity contribution in [3.63, 3.8) is 0 Å². The molecule has 2 fully saturated rings. The summed E-state index contributed by atoms with van der Waals surface area (Å²) in [5.74, 6) is 0.414. The van der Waals surface area contributed by atoms with Gasteiger partial charge in [0.2, 0.25) is 0 Å². The standard InChI is InChI=1S/C17H34N2O2/c1-16(2)12(15(18-5)17(3,4)21-16)11-19(6)13-9-7-8-10-14(13)20/h12-15,18,20H,7-11H2,1-6H3. The molecular formula is C17H34N2O2. The van der Waals surface area contributed by atoms with Crippen molar-refractivity contribution in [2.45, 2.75) is 82.8 Å². The molecule has 0 aromatic heterocycles. The van der Waals surface area contributed by atoms with Gasteiger partial charge in [-0.25, -0.2) is 0 Å². The molecule has 0 spiro atoms. The second kappa shape index (κ2) is 6.15. The van der Waals surface area contributed by atoms with E-state index in [4.69, 9.17) is 4.74 Å². The van der Waals surface area contributed by atoms with Gasteiger partial charge in [-0.3, -0.25) is 0 Å². The van der Waals surface area contributed by atoms with E-state index >= 15 is 0 Å². The lowest BCUT2D eigenvalue weighted by Crippen LogP contribution is -2.52. The fourth-order valence-corrected chi connectivity index (χ4v) is 4.63. The van der Waals surface area contributed by atoms with E-state index in [0.717, 1.165) is 25.8 Å². The number of rotatable bonds is 4. The van der Waals surface area contributed by atoms with Gasteiger partial charge in [0.25, 0.3) is 0 Å². The Morgan fingerprint density at radius 3 is 2.33 bits per heavy atom. The van der Waals surface area contributed by atoms with Gasteiger partial charge in [0, 0.05) is 24.5 Å². The summed E-state index contributed by atoms with van der Waals surface area (Å²) in [4.78, 5) is 2.37. The lowest BCUT2D eigenvalue weighted by atomic mass is 9.81. The van der Waals surface area contributed by atoms with Crippen LogP contribution in [0.15, 0.2) is 0 Å². The van der Waals surface area contributed by atoms with Crippen LogP contribution in [0.25, 0.3) is 0 Å². The molecule has 0 aromatic rings. The zero-order valence-corrected chi connectivity index (χ0v) is 14.6. The lowest BCUT2D eigenvalue weighted by molar-refractivity contribution is -0.0812. The third-order valence-electron chi connectivity index (χ3n) is 5.63. The number of nitrogens with zero attached hydrogens (tertiary/aromatic N) is 1. The second-order valence-corrected chi connectivity index (χ2v) is 8.04. The van der Waals surface area contributed by atoms with Crippen molar-refractivity contribution < 1.29 is 9.84 Å². The molecule has 1 aliphatic carbocycles. The Morgan fingerprint density at radius 2 is 1.76 bits per heavy atom. The van der Waals surface area contributed by atoms with Gasteiger partial charge in [-0.2, -0.15) is 0 Å². The smallest absolute Gasteiger partial charge is 0.0790 e. The van der Waals surface area contributed by atoms with Crippen LogP contribution in [0, 0.1) is 5.92 Å². The minimum absolute atomic E-state index is 0.148. The summed E-state index contributed by atoms with van der Waals surface area (Å²) in [6.07, 6.45) is 4.28. The van der Waals surface area contributed by atoms with Crippen LogP contribution >= 0.6 is 0 Å². The van der Waals surface area contributed by atoms with E-state index in [-0.39, 0.29) is 17.3 Å². The van der Waals surface area contributed by atoms with E-state index in [1.54, 1.807) is 0 Å². The number of hydrogen-bond donors (Lipinski definition) is 2. The summed E-state index contributed by atoms with van der Waals surface area (Å²) in [5, 5.41) is 13.7. The average Bonchev–Trinajstić information content (AvgIpc) is 2.54. The van der Waals surface area contributed by atoms with E-state index in [9.17, 15) is 5.11 Å². The lowest BCUT2D eigenvalue weighted by Gasteiger charge is -2.39. The summed E-state index contributed by atoms with van der Waals surface area (Å²) >= 11 is 0. The largest absolute Gasteiger partial charge is 0.391 e. The van der Waals surface area contributed by atoms with Crippen molar-refractivity contribution in [1.29, 1.82) is 0 Å². The second-order valence-electron chi connectivity index (χ2n) is 8.04. The molecule has 4 atom stereocenters. The summed E-state index contributed by atoms with van der Waals surface area (Å²) in [5.41, 5.74) is -0.306. The van der Waals surface area contributed by atoms with Gasteiger partial charge < -0.3 is 20.1 Å². The molecule has 4 nitrogen and oxygen atoms in total. The number of hydrogen-bond acceptors (Lipinski definition) is 4. The third-order valence-corrected chi connectivity index (χ3v) is 5.63. The molecule has 1 saturated heterocycles. The van der Waals surface area contributed by atoms with E-state index in [0.29, 0.717) is 18.0 Å². The molecule has 1 saturated carbocycles. The quantitative estimate of drug-likeness (QED) is 0.833. The van der Waals surface area contributed by atoms with Crippen LogP contribution in [0.1, 0.15) is 53.4 Å². The van der Waals surface area contributed by atoms with Gasteiger partial charge in [0.05, 0.1) is 17.3 Å². The summed E-state index contributed by atoms with van der Waals surface area (Å²) < 4.78 is 6.32. The molecule has 2 rings (SSSR count). The fourth-order valence-electron chi connectivity index (χ4n) is 4.63. The van der Waals surface area contributed by atoms with Gasteiger partial charge in [-0.15, -0.1) is 0 Å². The minimum atomic E-state index is -0.171. The van der Waals surface area contributed by atoms with E-state index in [1.165, 1.54) is 6.42 Å². The monoisotopic (exact) mass is 298 g/mol. The highest BCUT2D eigenvalue weighted by Gasteiger charge is 2.53. The van der Waals surface area contributed by atoms with Crippen LogP contribution in [0.5, 0.6) is 0 Å². The Balaban J connectivity index is 2.09. The SMILES string of the molecule is CNC1C(CN(C)C2CCCCC2O)C(C)(C)OC1(C)C. The first-order chi connectivity index (χ1) is 9.69. The molecular weight excluding hydrogens is 264 g/mol. The molecule has 1 heterocycles. The molecule has 0 amide bonds. The Labute approximate surface area is 130 Å². The molecule has 21 heavy (non-hydrogen) atoms. The molecule has 0 radical (unpaired) electrons. The van der Waals surface area contributed by atoms with E-state index in [2.05, 4.69) is 45.0 Å². The van der Waals surface area contributed by atoms with E-state index in [1.807, 2.05) is 7.05 Å². The highest BCUT2D eigenvalue weighted by Crippen LogP contribution is 2.42. The summed E-state index contributed by atoms with van der Waals surface area (Å²) in [6, 6.07) is 0.631. The van der Waals surface area contributed by atoms with Crippen LogP contribution in [-0.2, 0) is 4.74 Å². The Kier molecular flexibility index (Phi) is 5.04. The van der Waals surface area contributed by atoms with Crippen LogP contribution < -0.4 is 5.32 Å². The first-order valence-corrected chi connectivity index (χ1v) is 8.45. The highest BCUT2D eigenvalue weighted by atomic mass is 16.5. The topological polar surface area (TPSA) is 44.7 Å². The van der Waals surface area contributed by atoms with Crippen molar-refractivity contribution in [3.8, 4) is 0 Å². The summed E-state index contributed by atoms with van der Waals surface area (Å²) in [7, 11) is 4.19. The van der Waals surface area contributed by atoms with Crippen molar-refractivity contribution in [1.82, 2.24) is 10.2 Å². The van der Waals surface area contributed by atoms with Crippen LogP contribution in [0.2, 0.25) is 0 Å². The van der Waals surface area contributed by atoms with Gasteiger partial charge >= 0.3 is 0 Å². The van der Waals surface area contributed by atoms with Gasteiger partial charge in [-0.1, -0.05) is 12.8 Å². The summed E-state index contributed by atoms with van der Waals surface area (Å²) in [6.45, 7) is 9.70. The van der Waals surface area contributed by atoms with Crippen LogP contribution in [0.4, 0.5) is 0 Å². The predicted octanol–water partition coefficient (Wildman–Crippen LogP) is 2.01. The molecule has 2 aliphatic rings. The van der Waals surface area contributed by atoms with Gasteiger partial charge in [0.1, 0.15) is 0 Å². The maximum Gasteiger partial charge on any atom is 0.0790 e. The Bertz CT molecular complexity index is 357. The third kappa shape index (κ3) is 3.44. The number of ether oxygens (including phenoxy) is 1. The molecule has 0 aromatic carbocycles. The Morgan fingerprint density at radius 1 is 1.14 bits per heavy atom. The van der Waals surface area contributed by atoms with Gasteiger partial charge in [0.15, 0.2) is 0 Å². The highest BCUT2D eigenvalue weighted by molar-refractivity contribution is 5.06. The zero-order valence-electron chi connectivity index (χ0n) is 14.6. The zero-order chi connectivity index (χ0) is 15.8. The maximum absolute atomic E-state index is 10.3. The maximum atomic E-state index is 10.3. The molecule has 4 heteroatoms. The number of aliphatic hydroxyl groups is 1. The minimum Gasteiger partial charge on any atom is -0.391 e. The number of aliphatic hydroxyl groups excluding tert-OH is 1. The number of nitrogens with one attached hydrogen (secondary N) is 1. The van der Waals surface area contributed by atoms with Crippen molar-refractivity contribution >= 4 is 0 Å². The van der Waals surface area contributed by atoms with E-state index < -0.39 is 0 Å². The Hall–Kier alpha value is -0.160. The first kappa shape index (κ1) is 17.2. The van der Waals surface area contributed by atoms with Crippen LogP contribution in [0.3, 0.4) is 0 Å². The number of likely N-dealkylation sites (N-methyl/N-ethyl adjacent to an activating group) is 2. The van der Waals surface area contributed by atoms with Crippen molar-refractivity contribution in [2.24, 2.45) is 5.92 Å².